The molecule has 0 aromatic heterocycles. The van der Waals surface area contributed by atoms with Gasteiger partial charge in [-0.15, -0.1) is 0 Å². The lowest BCUT2D eigenvalue weighted by Crippen LogP contribution is -2.60. The highest BCUT2D eigenvalue weighted by molar-refractivity contribution is 5.76. The van der Waals surface area contributed by atoms with Crippen molar-refractivity contribution < 1.29 is 39.8 Å². The molecule has 1 aliphatic rings. The first kappa shape index (κ1) is 53.7. The van der Waals surface area contributed by atoms with Gasteiger partial charge in [-0.2, -0.15) is 0 Å². The van der Waals surface area contributed by atoms with E-state index < -0.39 is 49.5 Å². The number of aliphatic hydroxyl groups excluding tert-OH is 5. The molecule has 9 heteroatoms. The SMILES string of the molecule is CCCC/C=C\CCCCCCCC(=O)NC(COC1OC(CO)C(O)C(O)C1O)C(O)/C=C/CCCCCCCCCCCCCCCCCCCCCCC. The Morgan fingerprint density at radius 2 is 1.00 bits per heavy atom. The van der Waals surface area contributed by atoms with Crippen molar-refractivity contribution in [3.63, 3.8) is 0 Å². The number of rotatable bonds is 40. The van der Waals surface area contributed by atoms with E-state index in [2.05, 4.69) is 31.3 Å². The third-order valence-corrected chi connectivity index (χ3v) is 11.5. The molecule has 0 aliphatic carbocycles. The summed E-state index contributed by atoms with van der Waals surface area (Å²) in [5.41, 5.74) is 0. The van der Waals surface area contributed by atoms with Gasteiger partial charge >= 0.3 is 0 Å². The average Bonchev–Trinajstić information content (AvgIpc) is 3.21. The third-order valence-electron chi connectivity index (χ3n) is 11.5. The van der Waals surface area contributed by atoms with E-state index in [1.165, 1.54) is 135 Å². The van der Waals surface area contributed by atoms with Crippen LogP contribution in [-0.4, -0.2) is 87.5 Å². The summed E-state index contributed by atoms with van der Waals surface area (Å²) in [4.78, 5) is 12.9. The van der Waals surface area contributed by atoms with Crippen LogP contribution >= 0.6 is 0 Å². The minimum Gasteiger partial charge on any atom is -0.394 e. The highest BCUT2D eigenvalue weighted by Crippen LogP contribution is 2.23. The van der Waals surface area contributed by atoms with Crippen LogP contribution in [0, 0.1) is 0 Å². The molecule has 1 rings (SSSR count). The molecule has 1 heterocycles. The van der Waals surface area contributed by atoms with Crippen LogP contribution in [0.4, 0.5) is 0 Å². The van der Waals surface area contributed by atoms with Crippen LogP contribution in [0.15, 0.2) is 24.3 Å². The molecule has 0 saturated carbocycles. The van der Waals surface area contributed by atoms with E-state index in [4.69, 9.17) is 9.47 Å². The van der Waals surface area contributed by atoms with Crippen LogP contribution in [0.2, 0.25) is 0 Å². The van der Waals surface area contributed by atoms with Crippen LogP contribution in [0.25, 0.3) is 0 Å². The quantitative estimate of drug-likeness (QED) is 0.0265. The Morgan fingerprint density at radius 3 is 1.47 bits per heavy atom. The van der Waals surface area contributed by atoms with Gasteiger partial charge in [-0.1, -0.05) is 199 Å². The molecule has 0 bridgehead atoms. The molecule has 57 heavy (non-hydrogen) atoms. The zero-order chi connectivity index (χ0) is 41.6. The van der Waals surface area contributed by atoms with Gasteiger partial charge in [-0.25, -0.2) is 0 Å². The zero-order valence-electron chi connectivity index (χ0n) is 36.9. The predicted molar refractivity (Wildman–Crippen MR) is 235 cm³/mol. The van der Waals surface area contributed by atoms with E-state index >= 15 is 0 Å². The monoisotopic (exact) mass is 810 g/mol. The molecule has 1 aliphatic heterocycles. The molecule has 7 atom stereocenters. The number of aliphatic hydroxyl groups is 5. The molecular formula is C48H91NO8. The first-order chi connectivity index (χ1) is 27.8. The first-order valence-electron chi connectivity index (χ1n) is 24.1. The Balaban J connectivity index is 2.28. The molecular weight excluding hydrogens is 719 g/mol. The van der Waals surface area contributed by atoms with E-state index in [1.807, 2.05) is 6.08 Å². The van der Waals surface area contributed by atoms with Crippen molar-refractivity contribution in [2.75, 3.05) is 13.2 Å². The van der Waals surface area contributed by atoms with Gasteiger partial charge in [0, 0.05) is 6.42 Å². The highest BCUT2D eigenvalue weighted by atomic mass is 16.7. The van der Waals surface area contributed by atoms with Gasteiger partial charge in [0.05, 0.1) is 25.4 Å². The number of carbonyl (C=O) groups excluding carboxylic acids is 1. The van der Waals surface area contributed by atoms with Gasteiger partial charge in [0.1, 0.15) is 24.4 Å². The van der Waals surface area contributed by atoms with Gasteiger partial charge in [0.25, 0.3) is 0 Å². The van der Waals surface area contributed by atoms with Crippen LogP contribution in [0.3, 0.4) is 0 Å². The molecule has 7 unspecified atom stereocenters. The van der Waals surface area contributed by atoms with E-state index in [9.17, 15) is 30.3 Å². The lowest BCUT2D eigenvalue weighted by Gasteiger charge is -2.40. The first-order valence-corrected chi connectivity index (χ1v) is 24.1. The fourth-order valence-electron chi connectivity index (χ4n) is 7.61. The molecule has 0 aromatic carbocycles. The molecule has 1 fully saturated rings. The lowest BCUT2D eigenvalue weighted by molar-refractivity contribution is -0.302. The summed E-state index contributed by atoms with van der Waals surface area (Å²) in [7, 11) is 0. The topological polar surface area (TPSA) is 149 Å². The van der Waals surface area contributed by atoms with Gasteiger partial charge in [0.2, 0.25) is 5.91 Å². The second kappa shape index (κ2) is 38.8. The molecule has 6 N–H and O–H groups in total. The number of ether oxygens (including phenoxy) is 2. The Kier molecular flexibility index (Phi) is 36.6. The lowest BCUT2D eigenvalue weighted by atomic mass is 9.99. The number of nitrogens with one attached hydrogen (secondary N) is 1. The number of unbranched alkanes of at least 4 members (excludes halogenated alkanes) is 28. The zero-order valence-corrected chi connectivity index (χ0v) is 36.9. The van der Waals surface area contributed by atoms with Gasteiger partial charge in [-0.3, -0.25) is 4.79 Å². The Bertz CT molecular complexity index is 945. The predicted octanol–water partition coefficient (Wildman–Crippen LogP) is 10.3. The fraction of sp³-hybridized carbons (Fsp3) is 0.896. The van der Waals surface area contributed by atoms with Crippen molar-refractivity contribution in [1.82, 2.24) is 5.32 Å². The van der Waals surface area contributed by atoms with Crippen molar-refractivity contribution >= 4 is 5.91 Å². The largest absolute Gasteiger partial charge is 0.394 e. The molecule has 0 aromatic rings. The summed E-state index contributed by atoms with van der Waals surface area (Å²) >= 11 is 0. The molecule has 9 nitrogen and oxygen atoms in total. The van der Waals surface area contributed by atoms with E-state index in [-0.39, 0.29) is 12.5 Å². The highest BCUT2D eigenvalue weighted by Gasteiger charge is 2.44. The standard InChI is InChI=1S/C48H91NO8/c1-3-5-7-9-11-13-15-16-17-18-19-20-21-22-23-24-25-26-28-29-31-33-35-37-42(51)41(40-56-48-47(55)46(54)45(53)43(39-50)57-48)49-44(52)38-36-34-32-30-27-14-12-10-8-6-4-2/h10,12,35,37,41-43,45-48,50-51,53-55H,3-9,11,13-34,36,38-40H2,1-2H3,(H,49,52)/b12-10-,37-35+. The fourth-order valence-corrected chi connectivity index (χ4v) is 7.61. The van der Waals surface area contributed by atoms with Crippen LogP contribution in [-0.2, 0) is 14.3 Å². The van der Waals surface area contributed by atoms with Gasteiger partial charge < -0.3 is 40.3 Å². The Labute approximate surface area is 349 Å². The molecule has 1 saturated heterocycles. The smallest absolute Gasteiger partial charge is 0.220 e. The number of hydrogen-bond donors (Lipinski definition) is 6. The summed E-state index contributed by atoms with van der Waals surface area (Å²) in [5, 5.41) is 54.2. The van der Waals surface area contributed by atoms with E-state index in [0.717, 1.165) is 64.2 Å². The summed E-state index contributed by atoms with van der Waals surface area (Å²) in [6.45, 7) is 3.73. The number of allylic oxidation sites excluding steroid dienone is 3. The van der Waals surface area contributed by atoms with Crippen LogP contribution < -0.4 is 5.32 Å². The molecule has 1 amide bonds. The van der Waals surface area contributed by atoms with Crippen molar-refractivity contribution in [2.24, 2.45) is 0 Å². The molecule has 336 valence electrons. The number of amides is 1. The summed E-state index contributed by atoms with van der Waals surface area (Å²) in [6, 6.07) is -0.805. The number of carbonyl (C=O) groups is 1. The average molecular weight is 810 g/mol. The summed E-state index contributed by atoms with van der Waals surface area (Å²) in [6.07, 6.45) is 39.5. The maximum absolute atomic E-state index is 12.9. The second-order valence-electron chi connectivity index (χ2n) is 16.9. The normalized spacial score (nSPS) is 21.1. The van der Waals surface area contributed by atoms with E-state index in [1.54, 1.807) is 6.08 Å². The molecule has 0 radical (unpaired) electrons. The summed E-state index contributed by atoms with van der Waals surface area (Å²) < 4.78 is 11.2. The van der Waals surface area contributed by atoms with E-state index in [0.29, 0.717) is 6.42 Å². The minimum atomic E-state index is -1.57. The summed E-state index contributed by atoms with van der Waals surface area (Å²) in [5.74, 6) is -0.187. The maximum atomic E-state index is 12.9. The third kappa shape index (κ3) is 29.5. The second-order valence-corrected chi connectivity index (χ2v) is 16.9. The van der Waals surface area contributed by atoms with Crippen LogP contribution in [0.5, 0.6) is 0 Å². The van der Waals surface area contributed by atoms with Crippen molar-refractivity contribution in [1.29, 1.82) is 0 Å². The van der Waals surface area contributed by atoms with Gasteiger partial charge in [-0.05, 0) is 38.5 Å². The minimum absolute atomic E-state index is 0.187. The van der Waals surface area contributed by atoms with Crippen molar-refractivity contribution in [2.45, 2.75) is 262 Å². The number of hydrogen-bond acceptors (Lipinski definition) is 8. The Hall–Kier alpha value is -1.33. The molecule has 0 spiro atoms. The van der Waals surface area contributed by atoms with Crippen molar-refractivity contribution in [3.05, 3.63) is 24.3 Å². The Morgan fingerprint density at radius 1 is 0.579 bits per heavy atom. The van der Waals surface area contributed by atoms with Crippen molar-refractivity contribution in [3.8, 4) is 0 Å². The maximum Gasteiger partial charge on any atom is 0.220 e. The van der Waals surface area contributed by atoms with Crippen LogP contribution in [0.1, 0.15) is 219 Å². The van der Waals surface area contributed by atoms with Gasteiger partial charge in [0.15, 0.2) is 6.29 Å².